The van der Waals surface area contributed by atoms with Crippen LogP contribution in [0.15, 0.2) is 12.7 Å². The number of aliphatic hydroxyl groups is 4. The Morgan fingerprint density at radius 1 is 0.739 bits per heavy atom. The number of phosphoric acid groups is 2. The smallest absolute Gasteiger partial charge is 0.475 e. The molecule has 11 N–H and O–H groups in total. The molecule has 0 radical (unpaired) electrons. The van der Waals surface area contributed by atoms with Crippen LogP contribution in [0.25, 0.3) is 22.3 Å². The Balaban J connectivity index is 0.756. The summed E-state index contributed by atoms with van der Waals surface area (Å²) in [7, 11) is -8.95. The third-order valence-corrected chi connectivity index (χ3v) is 20.3. The topological polar surface area (TPSA) is 391 Å². The Bertz CT molecular complexity index is 3450. The number of nitrogens with two attached hydrogens (primary N) is 2. The molecule has 0 bridgehead atoms. The van der Waals surface area contributed by atoms with Gasteiger partial charge in [-0.3, -0.25) is 31.8 Å². The molecule has 1 aromatic carbocycles. The Kier molecular flexibility index (Phi) is 26.6. The van der Waals surface area contributed by atoms with E-state index in [4.69, 9.17) is 91.7 Å². The van der Waals surface area contributed by atoms with E-state index in [1.54, 1.807) is 0 Å². The van der Waals surface area contributed by atoms with Gasteiger partial charge in [0.25, 0.3) is 0 Å². The Morgan fingerprint density at radius 3 is 1.87 bits per heavy atom. The number of benzene rings is 1. The van der Waals surface area contributed by atoms with Gasteiger partial charge in [0, 0.05) is 12.7 Å². The van der Waals surface area contributed by atoms with Crippen LogP contribution in [0.4, 0.5) is 11.9 Å². The number of aromatic amines is 2. The predicted octanol–water partition coefficient (Wildman–Crippen LogP) is 8.26. The average Bonchev–Trinajstić information content (AvgIpc) is 1.61. The van der Waals surface area contributed by atoms with Crippen molar-refractivity contribution >= 4 is 74.3 Å². The highest BCUT2D eigenvalue weighted by Gasteiger charge is 2.52. The van der Waals surface area contributed by atoms with Gasteiger partial charge < -0.3 is 79.9 Å². The third kappa shape index (κ3) is 18.9. The van der Waals surface area contributed by atoms with Gasteiger partial charge in [-0.05, 0) is 87.8 Å². The van der Waals surface area contributed by atoms with Crippen molar-refractivity contribution in [3.8, 4) is 11.5 Å². The van der Waals surface area contributed by atoms with Crippen LogP contribution in [0.5, 0.6) is 11.5 Å². The SMILES string of the molecule is COP(=O)(OC[C@H]1O[C@@H](n2cnc3c(=S)[nH]c(N)nc32)C(O)C1O)OC1C(O)[C@H](n2cnc3c(=S)[nH]c(N)nc32)O[C@@H]1COP(=O)(O)O[C@H](CO)COCCOCCOCCOc1c(C)c(C)c2c(c1C)CC[C@@](C)(CCC[C@H](C)CCC[C@H](C)CCCC(C)C)O2. The first-order valence-corrected chi connectivity index (χ1v) is 35.2. The quantitative estimate of drug-likeness (QED) is 0.0102. The van der Waals surface area contributed by atoms with E-state index < -0.39 is 90.6 Å². The highest BCUT2D eigenvalue weighted by Crippen LogP contribution is 2.54. The molecule has 516 valence electrons. The van der Waals surface area contributed by atoms with E-state index in [1.165, 1.54) is 72.3 Å². The highest BCUT2D eigenvalue weighted by atomic mass is 32.1. The number of nitrogens with zero attached hydrogens (tertiary/aromatic N) is 6. The summed E-state index contributed by atoms with van der Waals surface area (Å²) in [6.45, 7) is 16.7. The molecule has 0 aliphatic carbocycles. The number of nitrogen functional groups attached to an aromatic ring is 2. The minimum Gasteiger partial charge on any atom is -0.491 e. The van der Waals surface area contributed by atoms with Crippen LogP contribution in [0.3, 0.4) is 0 Å². The summed E-state index contributed by atoms with van der Waals surface area (Å²) in [6.07, 6.45) is 1.92. The van der Waals surface area contributed by atoms with E-state index in [-0.39, 0.29) is 82.1 Å². The van der Waals surface area contributed by atoms with E-state index in [2.05, 4.69) is 85.3 Å². The summed E-state index contributed by atoms with van der Waals surface area (Å²) in [6, 6.07) is 0. The Hall–Kier alpha value is -4.18. The number of aliphatic hydroxyl groups excluding tert-OH is 4. The lowest BCUT2D eigenvalue weighted by Gasteiger charge is -2.38. The van der Waals surface area contributed by atoms with Crippen molar-refractivity contribution in [1.82, 2.24) is 39.0 Å². The number of hydrogen-bond donors (Lipinski definition) is 9. The molecule has 2 fully saturated rings. The van der Waals surface area contributed by atoms with E-state index >= 15 is 0 Å². The minimum absolute atomic E-state index is 0.0254. The van der Waals surface area contributed by atoms with Crippen molar-refractivity contribution in [2.75, 3.05) is 84.6 Å². The molecule has 8 rings (SSSR count). The van der Waals surface area contributed by atoms with Gasteiger partial charge in [-0.15, -0.1) is 0 Å². The second-order valence-corrected chi connectivity index (χ2v) is 28.8. The molecule has 0 amide bonds. The molecule has 14 atom stereocenters. The molecule has 7 heterocycles. The molecule has 5 aromatic rings. The standard InChI is InChI=1S/C59H94N10O19P2S2/c1-33(2)13-10-14-34(3)15-11-16-35(4)17-12-19-59(8)20-18-40-38(7)48(36(5)37(6)49(40)86-59)81-26-25-79-22-21-78-23-24-80-28-39(27-70)87-89(74,75)82-30-42-50(47(73)56(85-42)69-32-63-44-52(69)65-58(61)67-54(44)92)88-90(76,77-9)83-29-41-45(71)46(72)55(84-41)68-31-62-43-51(68)64-57(60)66-53(43)91/h31-35,39,41-42,45-47,50,55-56,70-73H,10-30H2,1-9H3,(H,74,75)(H3,60,64,66,91)(H3,61,65,67,92)/t34-,35-,39-,41-,42-,45?,46?,47?,50?,55-,56-,59-,90?/m1/s1. The molecular formula is C59H94N10O19P2S2. The van der Waals surface area contributed by atoms with E-state index in [9.17, 15) is 34.4 Å². The zero-order chi connectivity index (χ0) is 66.7. The summed E-state index contributed by atoms with van der Waals surface area (Å²) in [5, 5.41) is 44.0. The lowest BCUT2D eigenvalue weighted by atomic mass is 9.83. The van der Waals surface area contributed by atoms with Crippen LogP contribution < -0.4 is 20.9 Å². The van der Waals surface area contributed by atoms with Crippen LogP contribution >= 0.6 is 40.1 Å². The maximum atomic E-state index is 14.3. The first-order valence-electron chi connectivity index (χ1n) is 31.5. The summed E-state index contributed by atoms with van der Waals surface area (Å²) in [4.78, 5) is 33.1. The number of ether oxygens (including phenoxy) is 7. The molecule has 92 heavy (non-hydrogen) atoms. The second kappa shape index (κ2) is 33.2. The van der Waals surface area contributed by atoms with Crippen molar-refractivity contribution in [3.63, 3.8) is 0 Å². The van der Waals surface area contributed by atoms with Gasteiger partial charge in [0.05, 0.1) is 72.1 Å². The van der Waals surface area contributed by atoms with Crippen molar-refractivity contribution in [2.24, 2.45) is 17.8 Å². The number of H-pyrrole nitrogens is 2. The van der Waals surface area contributed by atoms with E-state index in [0.29, 0.717) is 13.2 Å². The number of fused-ring (bicyclic) bond motifs is 3. The van der Waals surface area contributed by atoms with Crippen LogP contribution in [0, 0.1) is 47.8 Å². The van der Waals surface area contributed by atoms with Gasteiger partial charge >= 0.3 is 15.6 Å². The lowest BCUT2D eigenvalue weighted by molar-refractivity contribution is -0.0621. The van der Waals surface area contributed by atoms with Crippen molar-refractivity contribution in [2.45, 2.75) is 187 Å². The van der Waals surface area contributed by atoms with Gasteiger partial charge in [0.15, 0.2) is 23.8 Å². The van der Waals surface area contributed by atoms with Gasteiger partial charge in [-0.25, -0.2) is 19.1 Å². The molecule has 0 saturated carbocycles. The maximum absolute atomic E-state index is 14.3. The minimum atomic E-state index is -5.09. The predicted molar refractivity (Wildman–Crippen MR) is 344 cm³/mol. The number of rotatable bonds is 38. The molecule has 6 unspecified atom stereocenters. The van der Waals surface area contributed by atoms with Gasteiger partial charge in [-0.2, -0.15) is 9.97 Å². The van der Waals surface area contributed by atoms with Gasteiger partial charge in [-0.1, -0.05) is 97.1 Å². The molecular weight excluding hydrogens is 1280 g/mol. The average molecular weight is 1370 g/mol. The molecule has 2 saturated heterocycles. The van der Waals surface area contributed by atoms with Gasteiger partial charge in [0.2, 0.25) is 11.9 Å². The monoisotopic (exact) mass is 1370 g/mol. The maximum Gasteiger partial charge on any atom is 0.475 e. The third-order valence-electron chi connectivity index (χ3n) is 17.2. The number of nitrogens with one attached hydrogen (secondary N) is 2. The molecule has 3 aliphatic rings. The van der Waals surface area contributed by atoms with E-state index in [1.807, 2.05) is 0 Å². The summed E-state index contributed by atoms with van der Waals surface area (Å²) in [5.41, 5.74) is 16.7. The first kappa shape index (κ1) is 73.6. The zero-order valence-electron chi connectivity index (χ0n) is 53.9. The molecule has 3 aliphatic heterocycles. The first-order chi connectivity index (χ1) is 43.7. The Labute approximate surface area is 546 Å². The van der Waals surface area contributed by atoms with Crippen molar-refractivity contribution < 1.29 is 90.2 Å². The summed E-state index contributed by atoms with van der Waals surface area (Å²) in [5.74, 6) is 4.05. The van der Waals surface area contributed by atoms with Gasteiger partial charge in [0.1, 0.15) is 86.7 Å². The fourth-order valence-electron chi connectivity index (χ4n) is 11.8. The fourth-order valence-corrected chi connectivity index (χ4v) is 14.4. The normalized spacial score (nSPS) is 24.9. The van der Waals surface area contributed by atoms with Crippen LogP contribution in [-0.4, -0.2) is 186 Å². The van der Waals surface area contributed by atoms with Crippen LogP contribution in [0.1, 0.15) is 134 Å². The van der Waals surface area contributed by atoms with Crippen LogP contribution in [0.2, 0.25) is 0 Å². The molecule has 29 nitrogen and oxygen atoms in total. The Morgan fingerprint density at radius 2 is 1.28 bits per heavy atom. The summed E-state index contributed by atoms with van der Waals surface area (Å²) < 4.78 is 99.9. The fraction of sp³-hybridized carbons (Fsp3) is 0.729. The number of anilines is 2. The number of aromatic nitrogens is 8. The zero-order valence-corrected chi connectivity index (χ0v) is 57.4. The number of hydrogen-bond acceptors (Lipinski definition) is 26. The second-order valence-electron chi connectivity index (χ2n) is 24.9. The van der Waals surface area contributed by atoms with Crippen LogP contribution in [-0.2, 0) is 61.9 Å². The molecule has 33 heteroatoms. The number of phosphoric ester groups is 2. The number of imidazole rings is 2. The largest absolute Gasteiger partial charge is 0.491 e. The molecule has 4 aromatic heterocycles. The van der Waals surface area contributed by atoms with E-state index in [0.717, 1.165) is 78.7 Å². The molecule has 0 spiro atoms. The van der Waals surface area contributed by atoms with Crippen molar-refractivity contribution in [1.29, 1.82) is 0 Å². The highest BCUT2D eigenvalue weighted by molar-refractivity contribution is 7.71. The van der Waals surface area contributed by atoms with Crippen molar-refractivity contribution in [3.05, 3.63) is 44.2 Å². The lowest BCUT2D eigenvalue weighted by Crippen LogP contribution is -2.37. The summed E-state index contributed by atoms with van der Waals surface area (Å²) >= 11 is 10.6.